The van der Waals surface area contributed by atoms with Crippen molar-refractivity contribution in [3.05, 3.63) is 35.7 Å². The van der Waals surface area contributed by atoms with Gasteiger partial charge in [-0.1, -0.05) is 0 Å². The predicted octanol–water partition coefficient (Wildman–Crippen LogP) is 0.141. The molecule has 22 heavy (non-hydrogen) atoms. The zero-order chi connectivity index (χ0) is 16.1. The van der Waals surface area contributed by atoms with Crippen LogP contribution < -0.4 is 5.32 Å². The Kier molecular flexibility index (Phi) is 4.57. The highest BCUT2D eigenvalue weighted by Crippen LogP contribution is 2.11. The van der Waals surface area contributed by atoms with E-state index in [0.29, 0.717) is 11.3 Å². The molecular formula is C13H13N5O4. The number of amides is 1. The minimum absolute atomic E-state index is 0.107. The number of benzene rings is 1. The van der Waals surface area contributed by atoms with Crippen molar-refractivity contribution in [1.29, 1.82) is 0 Å². The average Bonchev–Trinajstić information content (AvgIpc) is 2.85. The summed E-state index contributed by atoms with van der Waals surface area (Å²) in [5, 5.41) is 21.9. The summed E-state index contributed by atoms with van der Waals surface area (Å²) in [6.07, 6.45) is -0.359. The van der Waals surface area contributed by atoms with Crippen molar-refractivity contribution in [3.63, 3.8) is 0 Å². The first-order valence-corrected chi connectivity index (χ1v) is 6.33. The van der Waals surface area contributed by atoms with Gasteiger partial charge in [0.15, 0.2) is 11.6 Å². The standard InChI is InChI=1S/C13H13N5O4/c1-8(19)14-10-4-2-9(3-5-10)11(20)7-18-12(6-13(21)22)15-16-17-18/h2-5H,6-7H2,1H3,(H,14,19)(H,21,22). The lowest BCUT2D eigenvalue weighted by molar-refractivity contribution is -0.136. The molecule has 1 heterocycles. The summed E-state index contributed by atoms with van der Waals surface area (Å²) >= 11 is 0. The van der Waals surface area contributed by atoms with Crippen molar-refractivity contribution in [2.24, 2.45) is 0 Å². The average molecular weight is 303 g/mol. The number of carbonyl (C=O) groups is 3. The van der Waals surface area contributed by atoms with E-state index in [2.05, 4.69) is 20.8 Å². The van der Waals surface area contributed by atoms with Crippen molar-refractivity contribution in [2.45, 2.75) is 19.9 Å². The first-order valence-electron chi connectivity index (χ1n) is 6.33. The zero-order valence-corrected chi connectivity index (χ0v) is 11.7. The third kappa shape index (κ3) is 3.95. The van der Waals surface area contributed by atoms with Gasteiger partial charge in [-0.2, -0.15) is 0 Å². The van der Waals surface area contributed by atoms with Crippen LogP contribution in [0, 0.1) is 0 Å². The molecule has 0 saturated carbocycles. The van der Waals surface area contributed by atoms with Gasteiger partial charge in [-0.05, 0) is 34.7 Å². The zero-order valence-electron chi connectivity index (χ0n) is 11.7. The van der Waals surface area contributed by atoms with Gasteiger partial charge < -0.3 is 10.4 Å². The number of anilines is 1. The van der Waals surface area contributed by atoms with Crippen LogP contribution in [0.15, 0.2) is 24.3 Å². The van der Waals surface area contributed by atoms with Crippen LogP contribution in [0.3, 0.4) is 0 Å². The molecule has 0 spiro atoms. The van der Waals surface area contributed by atoms with Gasteiger partial charge in [0.05, 0.1) is 0 Å². The fourth-order valence-electron chi connectivity index (χ4n) is 1.78. The Morgan fingerprint density at radius 3 is 2.50 bits per heavy atom. The third-order valence-electron chi connectivity index (χ3n) is 2.74. The Morgan fingerprint density at radius 2 is 1.91 bits per heavy atom. The minimum Gasteiger partial charge on any atom is -0.481 e. The number of nitrogens with zero attached hydrogens (tertiary/aromatic N) is 4. The quantitative estimate of drug-likeness (QED) is 0.726. The number of Topliss-reactive ketones (excluding diaryl/α,β-unsaturated/α-hetero) is 1. The molecule has 9 heteroatoms. The van der Waals surface area contributed by atoms with Crippen molar-refractivity contribution in [2.75, 3.05) is 5.32 Å². The van der Waals surface area contributed by atoms with E-state index in [1.165, 1.54) is 6.92 Å². The lowest BCUT2D eigenvalue weighted by Crippen LogP contribution is -2.16. The van der Waals surface area contributed by atoms with Crippen LogP contribution in [0.25, 0.3) is 0 Å². The number of aromatic nitrogens is 4. The normalized spacial score (nSPS) is 10.2. The molecule has 2 N–H and O–H groups in total. The lowest BCUT2D eigenvalue weighted by Gasteiger charge is -2.05. The SMILES string of the molecule is CC(=O)Nc1ccc(C(=O)Cn2nnnc2CC(=O)O)cc1. The van der Waals surface area contributed by atoms with Crippen LogP contribution in [0.4, 0.5) is 5.69 Å². The summed E-state index contributed by atoms with van der Waals surface area (Å²) in [5.74, 6) is -1.45. The minimum atomic E-state index is -1.08. The number of carbonyl (C=O) groups excluding carboxylic acids is 2. The van der Waals surface area contributed by atoms with E-state index in [0.717, 1.165) is 4.68 Å². The maximum absolute atomic E-state index is 12.1. The molecule has 0 aliphatic heterocycles. The van der Waals surface area contributed by atoms with Gasteiger partial charge in [0.1, 0.15) is 13.0 Å². The number of carboxylic acids is 1. The molecule has 9 nitrogen and oxygen atoms in total. The van der Waals surface area contributed by atoms with Gasteiger partial charge in [-0.15, -0.1) is 5.10 Å². The summed E-state index contributed by atoms with van der Waals surface area (Å²) in [6.45, 7) is 1.23. The number of hydrogen-bond acceptors (Lipinski definition) is 6. The number of nitrogens with one attached hydrogen (secondary N) is 1. The molecule has 1 aromatic heterocycles. The first-order chi connectivity index (χ1) is 10.5. The van der Waals surface area contributed by atoms with Crippen LogP contribution in [-0.2, 0) is 22.6 Å². The third-order valence-corrected chi connectivity index (χ3v) is 2.74. The van der Waals surface area contributed by atoms with Crippen molar-refractivity contribution < 1.29 is 19.5 Å². The molecule has 1 amide bonds. The molecule has 2 aromatic rings. The number of rotatable bonds is 6. The number of carboxylic acid groups (broad SMARTS) is 1. The highest BCUT2D eigenvalue weighted by atomic mass is 16.4. The molecule has 0 radical (unpaired) electrons. The largest absolute Gasteiger partial charge is 0.481 e. The molecular weight excluding hydrogens is 290 g/mol. The monoisotopic (exact) mass is 303 g/mol. The van der Waals surface area contributed by atoms with E-state index in [9.17, 15) is 14.4 Å². The molecule has 0 atom stereocenters. The number of aliphatic carboxylic acids is 1. The second-order valence-electron chi connectivity index (χ2n) is 4.50. The molecule has 0 fully saturated rings. The Hall–Kier alpha value is -3.10. The fourth-order valence-corrected chi connectivity index (χ4v) is 1.78. The molecule has 0 unspecified atom stereocenters. The van der Waals surface area contributed by atoms with Crippen LogP contribution in [-0.4, -0.2) is 43.0 Å². The second kappa shape index (κ2) is 6.57. The summed E-state index contributed by atoms with van der Waals surface area (Å²) in [7, 11) is 0. The molecule has 1 aromatic carbocycles. The van der Waals surface area contributed by atoms with Gasteiger partial charge in [0, 0.05) is 18.2 Å². The summed E-state index contributed by atoms with van der Waals surface area (Å²) in [4.78, 5) is 33.7. The number of ketones is 1. The first kappa shape index (κ1) is 15.3. The summed E-state index contributed by atoms with van der Waals surface area (Å²) in [6, 6.07) is 6.34. The Morgan fingerprint density at radius 1 is 1.23 bits per heavy atom. The van der Waals surface area contributed by atoms with Crippen LogP contribution in [0.5, 0.6) is 0 Å². The number of tetrazole rings is 1. The molecule has 0 aliphatic carbocycles. The molecule has 114 valence electrons. The molecule has 0 aliphatic rings. The van der Waals surface area contributed by atoms with E-state index >= 15 is 0 Å². The molecule has 0 saturated heterocycles. The van der Waals surface area contributed by atoms with Crippen molar-refractivity contribution >= 4 is 23.3 Å². The Bertz CT molecular complexity index is 707. The number of hydrogen-bond donors (Lipinski definition) is 2. The van der Waals surface area contributed by atoms with E-state index in [4.69, 9.17) is 5.11 Å². The van der Waals surface area contributed by atoms with Gasteiger partial charge >= 0.3 is 5.97 Å². The Labute approximate surface area is 124 Å². The molecule has 0 bridgehead atoms. The maximum atomic E-state index is 12.1. The smallest absolute Gasteiger partial charge is 0.311 e. The van der Waals surface area contributed by atoms with E-state index in [-0.39, 0.29) is 30.5 Å². The second-order valence-corrected chi connectivity index (χ2v) is 4.50. The van der Waals surface area contributed by atoms with E-state index in [1.807, 2.05) is 0 Å². The summed E-state index contributed by atoms with van der Waals surface area (Å²) in [5.41, 5.74) is 0.990. The fraction of sp³-hybridized carbons (Fsp3) is 0.231. The lowest BCUT2D eigenvalue weighted by atomic mass is 10.1. The predicted molar refractivity (Wildman–Crippen MR) is 74.2 cm³/mol. The van der Waals surface area contributed by atoms with Crippen molar-refractivity contribution in [1.82, 2.24) is 20.2 Å². The van der Waals surface area contributed by atoms with Crippen LogP contribution in [0.1, 0.15) is 23.1 Å². The summed E-state index contributed by atoms with van der Waals surface area (Å²) < 4.78 is 1.15. The van der Waals surface area contributed by atoms with Crippen LogP contribution in [0.2, 0.25) is 0 Å². The van der Waals surface area contributed by atoms with E-state index < -0.39 is 5.97 Å². The van der Waals surface area contributed by atoms with E-state index in [1.54, 1.807) is 24.3 Å². The van der Waals surface area contributed by atoms with Gasteiger partial charge in [0.2, 0.25) is 5.91 Å². The Balaban J connectivity index is 2.07. The topological polar surface area (TPSA) is 127 Å². The molecule has 2 rings (SSSR count). The van der Waals surface area contributed by atoms with Crippen molar-refractivity contribution in [3.8, 4) is 0 Å². The van der Waals surface area contributed by atoms with Gasteiger partial charge in [-0.3, -0.25) is 14.4 Å². The van der Waals surface area contributed by atoms with Crippen LogP contribution >= 0.6 is 0 Å². The van der Waals surface area contributed by atoms with Gasteiger partial charge in [0.25, 0.3) is 0 Å². The highest BCUT2D eigenvalue weighted by molar-refractivity contribution is 5.96. The van der Waals surface area contributed by atoms with Gasteiger partial charge in [-0.25, -0.2) is 4.68 Å². The highest BCUT2D eigenvalue weighted by Gasteiger charge is 2.14. The maximum Gasteiger partial charge on any atom is 0.311 e.